The molecule has 2 fully saturated rings. The molecule has 10 heteroatoms. The Balaban J connectivity index is 1.98. The first kappa shape index (κ1) is 28.7. The van der Waals surface area contributed by atoms with Crippen LogP contribution in [0.3, 0.4) is 0 Å². The van der Waals surface area contributed by atoms with Gasteiger partial charge in [0, 0.05) is 19.5 Å². The minimum Gasteiger partial charge on any atom is -0.391 e. The Morgan fingerprint density at radius 2 is 1.84 bits per heavy atom. The Bertz CT molecular complexity index is 1030. The lowest BCUT2D eigenvalue weighted by Crippen LogP contribution is -2.64. The van der Waals surface area contributed by atoms with Crippen LogP contribution in [-0.2, 0) is 25.6 Å². The minimum absolute atomic E-state index is 0.227. The fraction of sp³-hybridized carbons (Fsp3) is 0.630. The molecule has 3 amide bonds. The van der Waals surface area contributed by atoms with Crippen LogP contribution >= 0.6 is 0 Å². The van der Waals surface area contributed by atoms with Crippen molar-refractivity contribution in [3.05, 3.63) is 35.4 Å². The van der Waals surface area contributed by atoms with E-state index in [2.05, 4.69) is 5.32 Å². The fourth-order valence-corrected chi connectivity index (χ4v) is 5.56. The van der Waals surface area contributed by atoms with Crippen LogP contribution in [0.1, 0.15) is 57.6 Å². The normalized spacial score (nSPS) is 24.9. The Labute approximate surface area is 218 Å². The summed E-state index contributed by atoms with van der Waals surface area (Å²) in [6.45, 7) is 6.77. The molecular weight excluding hydrogens is 476 g/mol. The van der Waals surface area contributed by atoms with Crippen LogP contribution in [0.25, 0.3) is 0 Å². The Hall–Kier alpha value is -2.82. The molecule has 2 saturated heterocycles. The van der Waals surface area contributed by atoms with E-state index in [0.29, 0.717) is 38.8 Å². The van der Waals surface area contributed by atoms with E-state index in [1.807, 2.05) is 31.2 Å². The van der Waals surface area contributed by atoms with E-state index in [9.17, 15) is 29.4 Å². The molecule has 1 aromatic carbocycles. The lowest BCUT2D eigenvalue weighted by molar-refractivity contribution is -0.152. The van der Waals surface area contributed by atoms with Crippen LogP contribution < -0.4 is 11.1 Å². The highest BCUT2D eigenvalue weighted by molar-refractivity contribution is 5.98. The zero-order valence-electron chi connectivity index (χ0n) is 22.1. The molecule has 0 unspecified atom stereocenters. The Kier molecular flexibility index (Phi) is 9.09. The number of Topliss-reactive ketones (excluding diaryl/α,β-unsaturated/α-hetero) is 1. The average molecular weight is 517 g/mol. The third-order valence-electron chi connectivity index (χ3n) is 7.59. The number of aliphatic hydroxyl groups is 2. The topological polar surface area (TPSA) is 153 Å². The molecule has 37 heavy (non-hydrogen) atoms. The molecule has 2 heterocycles. The highest BCUT2D eigenvalue weighted by atomic mass is 16.3. The van der Waals surface area contributed by atoms with Gasteiger partial charge in [0.25, 0.3) is 0 Å². The fourth-order valence-electron chi connectivity index (χ4n) is 5.56. The number of hydrogen-bond acceptors (Lipinski definition) is 7. The van der Waals surface area contributed by atoms with Crippen molar-refractivity contribution in [3.8, 4) is 0 Å². The van der Waals surface area contributed by atoms with Gasteiger partial charge in [-0.25, -0.2) is 0 Å². The molecule has 3 rings (SSSR count). The highest BCUT2D eigenvalue weighted by Gasteiger charge is 2.53. The smallest absolute Gasteiger partial charge is 0.246 e. The SMILES string of the molecule is CC(=O)[C@@H](NC(=O)[C@@]1(Cc2cccc(C)c2)CCCN1C(=O)[C@@H]1CCCN1C(=O)[C@@H](N)[C@@H](C)O)[C@@H](C)O. The van der Waals surface area contributed by atoms with Crippen LogP contribution in [-0.4, -0.2) is 92.5 Å². The third kappa shape index (κ3) is 6.02. The lowest BCUT2D eigenvalue weighted by Gasteiger charge is -2.41. The summed E-state index contributed by atoms with van der Waals surface area (Å²) >= 11 is 0. The number of aliphatic hydroxyl groups excluding tert-OH is 2. The summed E-state index contributed by atoms with van der Waals surface area (Å²) in [5.74, 6) is -1.73. The number of amides is 3. The van der Waals surface area contributed by atoms with E-state index in [4.69, 9.17) is 5.73 Å². The summed E-state index contributed by atoms with van der Waals surface area (Å²) in [7, 11) is 0. The predicted octanol–water partition coefficient (Wildman–Crippen LogP) is 0.0524. The summed E-state index contributed by atoms with van der Waals surface area (Å²) in [4.78, 5) is 56.0. The van der Waals surface area contributed by atoms with E-state index < -0.39 is 47.7 Å². The molecule has 2 aliphatic rings. The molecule has 10 nitrogen and oxygen atoms in total. The number of likely N-dealkylation sites (tertiary alicyclic amines) is 2. The molecular formula is C27H40N4O6. The maximum atomic E-state index is 14.0. The van der Waals surface area contributed by atoms with Gasteiger partial charge in [0.05, 0.1) is 12.2 Å². The first-order valence-corrected chi connectivity index (χ1v) is 13.0. The van der Waals surface area contributed by atoms with Crippen LogP contribution in [0, 0.1) is 6.92 Å². The Morgan fingerprint density at radius 1 is 1.14 bits per heavy atom. The number of benzene rings is 1. The number of rotatable bonds is 9. The summed E-state index contributed by atoms with van der Waals surface area (Å²) in [6, 6.07) is 4.65. The quantitative estimate of drug-likeness (QED) is 0.362. The van der Waals surface area contributed by atoms with E-state index >= 15 is 0 Å². The van der Waals surface area contributed by atoms with Crippen molar-refractivity contribution in [1.82, 2.24) is 15.1 Å². The molecule has 5 N–H and O–H groups in total. The molecule has 0 aromatic heterocycles. The molecule has 0 bridgehead atoms. The summed E-state index contributed by atoms with van der Waals surface area (Å²) in [5.41, 5.74) is 6.48. The molecule has 0 saturated carbocycles. The van der Waals surface area contributed by atoms with Crippen LogP contribution in [0.4, 0.5) is 0 Å². The standard InChI is InChI=1S/C27H40N4O6/c1-16-8-5-9-20(14-16)15-27(26(37)29-23(18(3)33)19(4)34)11-7-13-31(27)24(35)21-10-6-12-30(21)25(36)22(28)17(2)32/h5,8-9,14,17-18,21-23,32-33H,6-7,10-13,15,28H2,1-4H3,(H,29,37)/t17-,18-,21+,22+,23+,27+/m1/s1. The van der Waals surface area contributed by atoms with Gasteiger partial charge in [-0.2, -0.15) is 0 Å². The maximum absolute atomic E-state index is 14.0. The van der Waals surface area contributed by atoms with Gasteiger partial charge in [-0.1, -0.05) is 29.8 Å². The predicted molar refractivity (Wildman–Crippen MR) is 137 cm³/mol. The van der Waals surface area contributed by atoms with E-state index in [-0.39, 0.29) is 18.1 Å². The molecule has 0 aliphatic carbocycles. The zero-order chi connectivity index (χ0) is 27.5. The number of nitrogens with zero attached hydrogens (tertiary/aromatic N) is 2. The second-order valence-electron chi connectivity index (χ2n) is 10.5. The number of carbonyl (C=O) groups excluding carboxylic acids is 4. The first-order chi connectivity index (χ1) is 17.4. The summed E-state index contributed by atoms with van der Waals surface area (Å²) in [6.07, 6.45) is 0.0337. The highest BCUT2D eigenvalue weighted by Crippen LogP contribution is 2.36. The number of hydrogen-bond donors (Lipinski definition) is 4. The van der Waals surface area contributed by atoms with E-state index in [0.717, 1.165) is 11.1 Å². The van der Waals surface area contributed by atoms with E-state index in [1.54, 1.807) is 4.90 Å². The Morgan fingerprint density at radius 3 is 2.43 bits per heavy atom. The van der Waals surface area contributed by atoms with Gasteiger partial charge >= 0.3 is 0 Å². The number of nitrogens with two attached hydrogens (primary N) is 1. The maximum Gasteiger partial charge on any atom is 0.246 e. The van der Waals surface area contributed by atoms with Crippen molar-refractivity contribution in [2.45, 2.75) is 95.7 Å². The molecule has 1 aromatic rings. The average Bonchev–Trinajstić information content (AvgIpc) is 3.48. The van der Waals surface area contributed by atoms with Crippen molar-refractivity contribution in [2.24, 2.45) is 5.73 Å². The molecule has 6 atom stereocenters. The molecule has 0 radical (unpaired) electrons. The van der Waals surface area contributed by atoms with Gasteiger partial charge in [-0.15, -0.1) is 0 Å². The number of aryl methyl sites for hydroxylation is 1. The van der Waals surface area contributed by atoms with E-state index in [1.165, 1.54) is 25.7 Å². The summed E-state index contributed by atoms with van der Waals surface area (Å²) in [5, 5.41) is 22.7. The number of ketones is 1. The van der Waals surface area contributed by atoms with Crippen LogP contribution in [0.2, 0.25) is 0 Å². The van der Waals surface area contributed by atoms with Crippen molar-refractivity contribution in [3.63, 3.8) is 0 Å². The summed E-state index contributed by atoms with van der Waals surface area (Å²) < 4.78 is 0. The van der Waals surface area contributed by atoms with Crippen LogP contribution in [0.15, 0.2) is 24.3 Å². The second kappa shape index (κ2) is 11.7. The van der Waals surface area contributed by atoms with Gasteiger partial charge < -0.3 is 31.1 Å². The van der Waals surface area contributed by atoms with Gasteiger partial charge in [0.1, 0.15) is 23.7 Å². The first-order valence-electron chi connectivity index (χ1n) is 13.0. The van der Waals surface area contributed by atoms with Crippen LogP contribution in [0.5, 0.6) is 0 Å². The monoisotopic (exact) mass is 516 g/mol. The zero-order valence-corrected chi connectivity index (χ0v) is 22.1. The third-order valence-corrected chi connectivity index (χ3v) is 7.59. The van der Waals surface area contributed by atoms with Crippen molar-refractivity contribution in [1.29, 1.82) is 0 Å². The minimum atomic E-state index is -1.29. The van der Waals surface area contributed by atoms with Gasteiger partial charge in [-0.05, 0) is 58.9 Å². The van der Waals surface area contributed by atoms with Crippen molar-refractivity contribution in [2.75, 3.05) is 13.1 Å². The van der Waals surface area contributed by atoms with Gasteiger partial charge in [0.15, 0.2) is 5.78 Å². The molecule has 204 valence electrons. The second-order valence-corrected chi connectivity index (χ2v) is 10.5. The largest absolute Gasteiger partial charge is 0.391 e. The number of nitrogens with one attached hydrogen (secondary N) is 1. The lowest BCUT2D eigenvalue weighted by atomic mass is 9.85. The number of carbonyl (C=O) groups is 4. The van der Waals surface area contributed by atoms with Crippen molar-refractivity contribution >= 4 is 23.5 Å². The molecule has 2 aliphatic heterocycles. The van der Waals surface area contributed by atoms with Gasteiger partial charge in [0.2, 0.25) is 17.7 Å². The molecule has 0 spiro atoms. The van der Waals surface area contributed by atoms with Gasteiger partial charge in [-0.3, -0.25) is 19.2 Å². The van der Waals surface area contributed by atoms with Crippen molar-refractivity contribution < 1.29 is 29.4 Å².